The van der Waals surface area contributed by atoms with Gasteiger partial charge in [0.2, 0.25) is 0 Å². The Bertz CT molecular complexity index is 529. The molecule has 0 atom stereocenters. The summed E-state index contributed by atoms with van der Waals surface area (Å²) in [6.07, 6.45) is 4.12. The Kier molecular flexibility index (Phi) is 2.46. The number of fused-ring (bicyclic) bond motifs is 1. The number of aromatic nitrogens is 1. The first-order chi connectivity index (χ1) is 7.24. The minimum Gasteiger partial charge on any atom is -0.361 e. The van der Waals surface area contributed by atoms with E-state index in [9.17, 15) is 0 Å². The first kappa shape index (κ1) is 9.78. The van der Waals surface area contributed by atoms with Crippen molar-refractivity contribution in [1.29, 1.82) is 0 Å². The zero-order chi connectivity index (χ0) is 10.8. The van der Waals surface area contributed by atoms with Gasteiger partial charge in [0.05, 0.1) is 0 Å². The van der Waals surface area contributed by atoms with Gasteiger partial charge < -0.3 is 4.98 Å². The third-order valence-corrected chi connectivity index (χ3v) is 2.82. The predicted molar refractivity (Wildman–Crippen MR) is 66.8 cm³/mol. The van der Waals surface area contributed by atoms with Crippen molar-refractivity contribution >= 4 is 16.5 Å². The van der Waals surface area contributed by atoms with E-state index in [1.54, 1.807) is 0 Å². The molecule has 0 fully saturated rings. The summed E-state index contributed by atoms with van der Waals surface area (Å²) in [4.78, 5) is 3.26. The van der Waals surface area contributed by atoms with Crippen molar-refractivity contribution < 1.29 is 0 Å². The number of aromatic amines is 1. The second kappa shape index (κ2) is 3.77. The number of allylic oxidation sites excluding steroid dienone is 3. The summed E-state index contributed by atoms with van der Waals surface area (Å²) >= 11 is 0. The molecule has 0 radical (unpaired) electrons. The van der Waals surface area contributed by atoms with Gasteiger partial charge in [-0.05, 0) is 31.1 Å². The van der Waals surface area contributed by atoms with Crippen LogP contribution in [-0.4, -0.2) is 4.98 Å². The van der Waals surface area contributed by atoms with Crippen LogP contribution in [0, 0.1) is 0 Å². The van der Waals surface area contributed by atoms with Gasteiger partial charge in [0.1, 0.15) is 0 Å². The number of hydrogen-bond donors (Lipinski definition) is 1. The van der Waals surface area contributed by atoms with Gasteiger partial charge in [-0.15, -0.1) is 0 Å². The fraction of sp³-hybridized carbons (Fsp3) is 0.143. The van der Waals surface area contributed by atoms with Gasteiger partial charge in [-0.3, -0.25) is 0 Å². The van der Waals surface area contributed by atoms with Crippen LogP contribution in [0.25, 0.3) is 16.5 Å². The molecule has 0 saturated carbocycles. The smallest absolute Gasteiger partial charge is 0.0460 e. The second-order valence-electron chi connectivity index (χ2n) is 3.70. The topological polar surface area (TPSA) is 15.8 Å². The number of rotatable bonds is 2. The lowest BCUT2D eigenvalue weighted by molar-refractivity contribution is 1.44. The molecule has 1 aromatic heterocycles. The Morgan fingerprint density at radius 2 is 2.07 bits per heavy atom. The highest BCUT2D eigenvalue weighted by Gasteiger charge is 2.06. The van der Waals surface area contributed by atoms with Crippen LogP contribution in [0.4, 0.5) is 0 Å². The molecule has 1 heteroatoms. The lowest BCUT2D eigenvalue weighted by Crippen LogP contribution is -1.82. The molecule has 1 heterocycles. The van der Waals surface area contributed by atoms with Crippen LogP contribution in [0.1, 0.15) is 19.4 Å². The summed E-state index contributed by atoms with van der Waals surface area (Å²) in [6, 6.07) is 8.29. The SMILES string of the molecule is C=C(/C(C)=C\C)c1c[nH]c2ccccc12. The molecule has 0 spiro atoms. The summed E-state index contributed by atoms with van der Waals surface area (Å²) in [7, 11) is 0. The highest BCUT2D eigenvalue weighted by Crippen LogP contribution is 2.27. The number of hydrogen-bond acceptors (Lipinski definition) is 0. The summed E-state index contributed by atoms with van der Waals surface area (Å²) in [6.45, 7) is 8.25. The Labute approximate surface area is 90.1 Å². The van der Waals surface area contributed by atoms with Gasteiger partial charge in [0, 0.05) is 22.7 Å². The first-order valence-corrected chi connectivity index (χ1v) is 5.12. The monoisotopic (exact) mass is 197 g/mol. The van der Waals surface area contributed by atoms with Crippen LogP contribution in [0.5, 0.6) is 0 Å². The number of para-hydroxylation sites is 1. The molecule has 0 aliphatic rings. The summed E-state index contributed by atoms with van der Waals surface area (Å²) < 4.78 is 0. The van der Waals surface area contributed by atoms with E-state index in [2.05, 4.69) is 42.8 Å². The zero-order valence-electron chi connectivity index (χ0n) is 9.17. The first-order valence-electron chi connectivity index (χ1n) is 5.12. The van der Waals surface area contributed by atoms with Crippen molar-refractivity contribution in [2.24, 2.45) is 0 Å². The fourth-order valence-corrected chi connectivity index (χ4v) is 1.71. The van der Waals surface area contributed by atoms with Crippen LogP contribution in [-0.2, 0) is 0 Å². The quantitative estimate of drug-likeness (QED) is 0.696. The van der Waals surface area contributed by atoms with Crippen LogP contribution in [0.2, 0.25) is 0 Å². The summed E-state index contributed by atoms with van der Waals surface area (Å²) in [5.74, 6) is 0. The molecule has 0 amide bonds. The molecule has 2 rings (SSSR count). The molecule has 0 unspecified atom stereocenters. The van der Waals surface area contributed by atoms with E-state index < -0.39 is 0 Å². The molecular weight excluding hydrogens is 182 g/mol. The molecule has 1 N–H and O–H groups in total. The second-order valence-corrected chi connectivity index (χ2v) is 3.70. The van der Waals surface area contributed by atoms with Crippen molar-refractivity contribution in [2.45, 2.75) is 13.8 Å². The molecule has 15 heavy (non-hydrogen) atoms. The van der Waals surface area contributed by atoms with Crippen LogP contribution >= 0.6 is 0 Å². The van der Waals surface area contributed by atoms with Crippen LogP contribution in [0.15, 0.2) is 48.7 Å². The number of benzene rings is 1. The van der Waals surface area contributed by atoms with Gasteiger partial charge in [-0.1, -0.05) is 30.9 Å². The van der Waals surface area contributed by atoms with E-state index >= 15 is 0 Å². The van der Waals surface area contributed by atoms with Gasteiger partial charge in [-0.25, -0.2) is 0 Å². The van der Waals surface area contributed by atoms with Crippen molar-refractivity contribution in [1.82, 2.24) is 4.98 Å². The predicted octanol–water partition coefficient (Wildman–Crippen LogP) is 4.15. The number of H-pyrrole nitrogens is 1. The van der Waals surface area contributed by atoms with E-state index in [-0.39, 0.29) is 0 Å². The van der Waals surface area contributed by atoms with Crippen LogP contribution < -0.4 is 0 Å². The minimum atomic E-state index is 1.09. The highest BCUT2D eigenvalue weighted by atomic mass is 14.7. The number of nitrogens with one attached hydrogen (secondary N) is 1. The van der Waals surface area contributed by atoms with E-state index in [1.807, 2.05) is 19.2 Å². The van der Waals surface area contributed by atoms with Crippen molar-refractivity contribution in [2.75, 3.05) is 0 Å². The van der Waals surface area contributed by atoms with E-state index in [0.717, 1.165) is 11.1 Å². The highest BCUT2D eigenvalue weighted by molar-refractivity contribution is 5.95. The maximum Gasteiger partial charge on any atom is 0.0460 e. The maximum atomic E-state index is 4.13. The lowest BCUT2D eigenvalue weighted by atomic mass is 10.0. The Hall–Kier alpha value is -1.76. The largest absolute Gasteiger partial charge is 0.361 e. The van der Waals surface area contributed by atoms with Crippen molar-refractivity contribution in [3.05, 3.63) is 54.3 Å². The molecule has 0 saturated heterocycles. The van der Waals surface area contributed by atoms with Gasteiger partial charge in [-0.2, -0.15) is 0 Å². The van der Waals surface area contributed by atoms with Crippen molar-refractivity contribution in [3.8, 4) is 0 Å². The zero-order valence-corrected chi connectivity index (χ0v) is 9.17. The molecule has 2 aromatic rings. The van der Waals surface area contributed by atoms with Gasteiger partial charge >= 0.3 is 0 Å². The van der Waals surface area contributed by atoms with Gasteiger partial charge in [0.25, 0.3) is 0 Å². The Morgan fingerprint density at radius 1 is 1.33 bits per heavy atom. The van der Waals surface area contributed by atoms with E-state index in [1.165, 1.54) is 16.5 Å². The normalized spacial score (nSPS) is 12.0. The Morgan fingerprint density at radius 3 is 2.80 bits per heavy atom. The fourth-order valence-electron chi connectivity index (χ4n) is 1.71. The third-order valence-electron chi connectivity index (χ3n) is 2.82. The molecule has 0 aliphatic heterocycles. The molecule has 0 aliphatic carbocycles. The lowest BCUT2D eigenvalue weighted by Gasteiger charge is -2.03. The average Bonchev–Trinajstić information content (AvgIpc) is 2.70. The average molecular weight is 197 g/mol. The maximum absolute atomic E-state index is 4.13. The minimum absolute atomic E-state index is 1.09. The van der Waals surface area contributed by atoms with Crippen molar-refractivity contribution in [3.63, 3.8) is 0 Å². The Balaban J connectivity index is 2.58. The molecule has 76 valence electrons. The molecule has 1 aromatic carbocycles. The molecular formula is C14H15N. The molecule has 1 nitrogen and oxygen atoms in total. The van der Waals surface area contributed by atoms with Gasteiger partial charge in [0.15, 0.2) is 0 Å². The van der Waals surface area contributed by atoms with E-state index in [0.29, 0.717) is 0 Å². The van der Waals surface area contributed by atoms with Crippen LogP contribution in [0.3, 0.4) is 0 Å². The molecule has 0 bridgehead atoms. The summed E-state index contributed by atoms with van der Waals surface area (Å²) in [5, 5.41) is 1.24. The standard InChI is InChI=1S/C14H15N/c1-4-10(2)11(3)13-9-15-14-8-6-5-7-12(13)14/h4-9,15H,3H2,1-2H3/b10-4-. The van der Waals surface area contributed by atoms with E-state index in [4.69, 9.17) is 0 Å². The third kappa shape index (κ3) is 1.61. The summed E-state index contributed by atoms with van der Waals surface area (Å²) in [5.41, 5.74) is 4.67.